The SMILES string of the molecule is CC1=C2CCC3(CC2(C)CCC1=O)OCCO3. The van der Waals surface area contributed by atoms with Crippen LogP contribution in [0.4, 0.5) is 0 Å². The van der Waals surface area contributed by atoms with E-state index in [0.29, 0.717) is 25.4 Å². The number of fused-ring (bicyclic) bond motifs is 1. The quantitative estimate of drug-likeness (QED) is 0.648. The molecular weight excluding hydrogens is 216 g/mol. The van der Waals surface area contributed by atoms with Gasteiger partial charge < -0.3 is 9.47 Å². The van der Waals surface area contributed by atoms with Crippen molar-refractivity contribution < 1.29 is 14.3 Å². The van der Waals surface area contributed by atoms with Crippen LogP contribution in [-0.2, 0) is 14.3 Å². The van der Waals surface area contributed by atoms with E-state index in [1.807, 2.05) is 6.92 Å². The second-order valence-electron chi connectivity index (χ2n) is 5.87. The lowest BCUT2D eigenvalue weighted by molar-refractivity contribution is -0.191. The number of ketones is 1. The van der Waals surface area contributed by atoms with Crippen molar-refractivity contribution in [2.45, 2.75) is 51.7 Å². The lowest BCUT2D eigenvalue weighted by atomic mass is 9.62. The van der Waals surface area contributed by atoms with Gasteiger partial charge in [0.25, 0.3) is 0 Å². The molecule has 1 spiro atoms. The van der Waals surface area contributed by atoms with Crippen molar-refractivity contribution in [1.82, 2.24) is 0 Å². The van der Waals surface area contributed by atoms with Gasteiger partial charge >= 0.3 is 0 Å². The summed E-state index contributed by atoms with van der Waals surface area (Å²) in [6, 6.07) is 0. The van der Waals surface area contributed by atoms with Gasteiger partial charge in [-0.25, -0.2) is 0 Å². The highest BCUT2D eigenvalue weighted by Gasteiger charge is 2.50. The summed E-state index contributed by atoms with van der Waals surface area (Å²) in [5.74, 6) is -0.0134. The van der Waals surface area contributed by atoms with Gasteiger partial charge in [-0.2, -0.15) is 0 Å². The summed E-state index contributed by atoms with van der Waals surface area (Å²) < 4.78 is 11.7. The third-order valence-corrected chi connectivity index (χ3v) is 4.73. The minimum Gasteiger partial charge on any atom is -0.347 e. The van der Waals surface area contributed by atoms with Crippen molar-refractivity contribution in [2.24, 2.45) is 5.41 Å². The number of Topliss-reactive ketones (excluding diaryl/α,β-unsaturated/α-hetero) is 1. The molecule has 0 radical (unpaired) electrons. The molecule has 2 fully saturated rings. The molecule has 0 N–H and O–H groups in total. The summed E-state index contributed by atoms with van der Waals surface area (Å²) in [6.45, 7) is 5.69. The molecular formula is C14H20O3. The molecule has 3 heteroatoms. The van der Waals surface area contributed by atoms with E-state index in [-0.39, 0.29) is 11.2 Å². The number of ether oxygens (including phenoxy) is 2. The smallest absolute Gasteiger partial charge is 0.169 e. The molecule has 0 aromatic carbocycles. The fourth-order valence-corrected chi connectivity index (χ4v) is 3.77. The lowest BCUT2D eigenvalue weighted by Gasteiger charge is -2.47. The monoisotopic (exact) mass is 236 g/mol. The minimum atomic E-state index is -0.348. The zero-order valence-corrected chi connectivity index (χ0v) is 10.7. The first-order chi connectivity index (χ1) is 8.05. The van der Waals surface area contributed by atoms with Crippen LogP contribution in [0, 0.1) is 5.41 Å². The van der Waals surface area contributed by atoms with Crippen LogP contribution in [0.2, 0.25) is 0 Å². The predicted molar refractivity (Wildman–Crippen MR) is 63.5 cm³/mol. The molecule has 0 amide bonds. The van der Waals surface area contributed by atoms with Gasteiger partial charge in [-0.05, 0) is 30.8 Å². The molecule has 1 atom stereocenters. The zero-order valence-electron chi connectivity index (χ0n) is 10.7. The fourth-order valence-electron chi connectivity index (χ4n) is 3.77. The van der Waals surface area contributed by atoms with E-state index in [4.69, 9.17) is 9.47 Å². The maximum absolute atomic E-state index is 11.8. The van der Waals surface area contributed by atoms with Crippen LogP contribution in [0.15, 0.2) is 11.1 Å². The van der Waals surface area contributed by atoms with Crippen molar-refractivity contribution >= 4 is 5.78 Å². The van der Waals surface area contributed by atoms with Gasteiger partial charge in [0, 0.05) is 19.3 Å². The Balaban J connectivity index is 1.94. The Morgan fingerprint density at radius 3 is 2.53 bits per heavy atom. The Hall–Kier alpha value is -0.670. The molecule has 0 aromatic heterocycles. The average Bonchev–Trinajstić information content (AvgIpc) is 2.72. The summed E-state index contributed by atoms with van der Waals surface area (Å²) in [5.41, 5.74) is 2.48. The summed E-state index contributed by atoms with van der Waals surface area (Å²) in [7, 11) is 0. The van der Waals surface area contributed by atoms with E-state index in [0.717, 1.165) is 31.3 Å². The average molecular weight is 236 g/mol. The first-order valence-electron chi connectivity index (χ1n) is 6.56. The summed E-state index contributed by atoms with van der Waals surface area (Å²) in [4.78, 5) is 11.8. The van der Waals surface area contributed by atoms with E-state index in [1.165, 1.54) is 5.57 Å². The van der Waals surface area contributed by atoms with Gasteiger partial charge in [0.15, 0.2) is 11.6 Å². The van der Waals surface area contributed by atoms with Crippen LogP contribution in [0.1, 0.15) is 46.0 Å². The summed E-state index contributed by atoms with van der Waals surface area (Å²) >= 11 is 0. The van der Waals surface area contributed by atoms with Crippen LogP contribution >= 0.6 is 0 Å². The highest BCUT2D eigenvalue weighted by molar-refractivity contribution is 5.96. The van der Waals surface area contributed by atoms with Gasteiger partial charge in [0.2, 0.25) is 0 Å². The molecule has 17 heavy (non-hydrogen) atoms. The van der Waals surface area contributed by atoms with Crippen molar-refractivity contribution in [3.8, 4) is 0 Å². The number of hydrogen-bond donors (Lipinski definition) is 0. The predicted octanol–water partition coefficient (Wildman–Crippen LogP) is 2.60. The van der Waals surface area contributed by atoms with Crippen LogP contribution in [0.25, 0.3) is 0 Å². The van der Waals surface area contributed by atoms with Gasteiger partial charge in [0.1, 0.15) is 0 Å². The Kier molecular flexibility index (Phi) is 2.46. The number of carbonyl (C=O) groups is 1. The molecule has 1 aliphatic heterocycles. The van der Waals surface area contributed by atoms with E-state index >= 15 is 0 Å². The molecule has 94 valence electrons. The number of carbonyl (C=O) groups excluding carboxylic acids is 1. The van der Waals surface area contributed by atoms with Gasteiger partial charge in [-0.3, -0.25) is 4.79 Å². The van der Waals surface area contributed by atoms with Crippen LogP contribution in [0.3, 0.4) is 0 Å². The molecule has 0 bridgehead atoms. The topological polar surface area (TPSA) is 35.5 Å². The Morgan fingerprint density at radius 2 is 1.82 bits per heavy atom. The molecule has 2 aliphatic carbocycles. The lowest BCUT2D eigenvalue weighted by Crippen LogP contribution is -2.44. The molecule has 3 nitrogen and oxygen atoms in total. The third kappa shape index (κ3) is 1.67. The van der Waals surface area contributed by atoms with Crippen molar-refractivity contribution in [2.75, 3.05) is 13.2 Å². The highest BCUT2D eigenvalue weighted by atomic mass is 16.7. The molecule has 1 saturated carbocycles. The van der Waals surface area contributed by atoms with E-state index in [9.17, 15) is 4.79 Å². The van der Waals surface area contributed by atoms with E-state index in [1.54, 1.807) is 0 Å². The maximum Gasteiger partial charge on any atom is 0.169 e. The van der Waals surface area contributed by atoms with Crippen LogP contribution < -0.4 is 0 Å². The van der Waals surface area contributed by atoms with Crippen LogP contribution in [0.5, 0.6) is 0 Å². The first kappa shape index (κ1) is 11.4. The standard InChI is InChI=1S/C14H20O3/c1-10-11-3-6-14(16-7-8-17-14)9-13(11,2)5-4-12(10)15/h3-9H2,1-2H3. The van der Waals surface area contributed by atoms with Gasteiger partial charge in [-0.1, -0.05) is 12.5 Å². The second kappa shape index (κ2) is 3.66. The fraction of sp³-hybridized carbons (Fsp3) is 0.786. The van der Waals surface area contributed by atoms with Crippen molar-refractivity contribution in [3.05, 3.63) is 11.1 Å². The number of rotatable bonds is 0. The van der Waals surface area contributed by atoms with E-state index < -0.39 is 0 Å². The molecule has 1 heterocycles. The first-order valence-corrected chi connectivity index (χ1v) is 6.56. The highest BCUT2D eigenvalue weighted by Crippen LogP contribution is 2.53. The van der Waals surface area contributed by atoms with Gasteiger partial charge in [0.05, 0.1) is 13.2 Å². The third-order valence-electron chi connectivity index (χ3n) is 4.73. The van der Waals surface area contributed by atoms with E-state index in [2.05, 4.69) is 6.92 Å². The summed E-state index contributed by atoms with van der Waals surface area (Å²) in [6.07, 6.45) is 4.41. The Morgan fingerprint density at radius 1 is 1.12 bits per heavy atom. The Labute approximate surface area is 102 Å². The molecule has 1 unspecified atom stereocenters. The Bertz CT molecular complexity index is 390. The van der Waals surface area contributed by atoms with Gasteiger partial charge in [-0.15, -0.1) is 0 Å². The van der Waals surface area contributed by atoms with Crippen molar-refractivity contribution in [3.63, 3.8) is 0 Å². The minimum absolute atomic E-state index is 0.112. The molecule has 3 aliphatic rings. The molecule has 0 aromatic rings. The molecule has 1 saturated heterocycles. The maximum atomic E-state index is 11.8. The normalized spacial score (nSPS) is 36.5. The molecule has 3 rings (SSSR count). The van der Waals surface area contributed by atoms with Crippen LogP contribution in [-0.4, -0.2) is 24.8 Å². The largest absolute Gasteiger partial charge is 0.347 e. The zero-order chi connectivity index (χ0) is 12.1. The van der Waals surface area contributed by atoms with Crippen molar-refractivity contribution in [1.29, 1.82) is 0 Å². The number of hydrogen-bond acceptors (Lipinski definition) is 3. The second-order valence-corrected chi connectivity index (χ2v) is 5.87. The number of allylic oxidation sites excluding steroid dienone is 2. The summed E-state index contributed by atoms with van der Waals surface area (Å²) in [5, 5.41) is 0.